The van der Waals surface area contributed by atoms with E-state index in [1.807, 2.05) is 17.0 Å². The molecule has 1 unspecified atom stereocenters. The summed E-state index contributed by atoms with van der Waals surface area (Å²) in [6, 6.07) is 8.25. The van der Waals surface area contributed by atoms with E-state index in [1.165, 1.54) is 5.56 Å². The lowest BCUT2D eigenvalue weighted by Gasteiger charge is -2.44. The molecular formula is C18H27N3OS. The fourth-order valence-electron chi connectivity index (χ4n) is 3.00. The largest absolute Gasteiger partial charge is 0.358 e. The van der Waals surface area contributed by atoms with Gasteiger partial charge >= 0.3 is 0 Å². The number of rotatable bonds is 4. The Morgan fingerprint density at radius 3 is 2.52 bits per heavy atom. The zero-order chi connectivity index (χ0) is 17.2. The third-order valence-electron chi connectivity index (χ3n) is 4.22. The minimum Gasteiger partial charge on any atom is -0.358 e. The van der Waals surface area contributed by atoms with Crippen LogP contribution in [0.25, 0.3) is 0 Å². The van der Waals surface area contributed by atoms with E-state index in [9.17, 15) is 4.79 Å². The molecule has 0 saturated carbocycles. The molecule has 2 rings (SSSR count). The second-order valence-corrected chi connectivity index (χ2v) is 7.71. The van der Waals surface area contributed by atoms with Crippen molar-refractivity contribution in [3.8, 4) is 0 Å². The van der Waals surface area contributed by atoms with E-state index in [4.69, 9.17) is 12.2 Å². The average Bonchev–Trinajstić information content (AvgIpc) is 2.42. The highest BCUT2D eigenvalue weighted by atomic mass is 32.1. The fraction of sp³-hybridized carbons (Fsp3) is 0.556. The van der Waals surface area contributed by atoms with Crippen LogP contribution in [0.5, 0.6) is 0 Å². The van der Waals surface area contributed by atoms with Crippen LogP contribution in [0.2, 0.25) is 0 Å². The highest BCUT2D eigenvalue weighted by Gasteiger charge is 2.33. The maximum absolute atomic E-state index is 12.3. The van der Waals surface area contributed by atoms with Crippen molar-refractivity contribution < 1.29 is 4.79 Å². The molecule has 1 amide bonds. The van der Waals surface area contributed by atoms with Gasteiger partial charge in [0.25, 0.3) is 0 Å². The summed E-state index contributed by atoms with van der Waals surface area (Å²) in [5.74, 6) is 0.443. The zero-order valence-corrected chi connectivity index (χ0v) is 15.5. The first-order valence-corrected chi connectivity index (χ1v) is 8.57. The minimum atomic E-state index is -0.0435. The number of amides is 1. The van der Waals surface area contributed by atoms with E-state index >= 15 is 0 Å². The first-order chi connectivity index (χ1) is 10.7. The van der Waals surface area contributed by atoms with E-state index in [0.717, 1.165) is 12.1 Å². The number of carbonyl (C=O) groups is 1. The van der Waals surface area contributed by atoms with Gasteiger partial charge in [-0.3, -0.25) is 4.79 Å². The van der Waals surface area contributed by atoms with Crippen molar-refractivity contribution in [2.75, 3.05) is 11.9 Å². The monoisotopic (exact) mass is 333 g/mol. The summed E-state index contributed by atoms with van der Waals surface area (Å²) in [4.78, 5) is 14.3. The van der Waals surface area contributed by atoms with Gasteiger partial charge in [-0.25, -0.2) is 0 Å². The molecule has 1 aliphatic rings. The van der Waals surface area contributed by atoms with Crippen molar-refractivity contribution in [1.82, 2.24) is 10.2 Å². The molecule has 1 aliphatic heterocycles. The van der Waals surface area contributed by atoms with Gasteiger partial charge in [0.1, 0.15) is 0 Å². The number of nitrogens with one attached hydrogen (secondary N) is 2. The third-order valence-corrected chi connectivity index (χ3v) is 4.56. The summed E-state index contributed by atoms with van der Waals surface area (Å²) < 4.78 is 0. The molecule has 0 bridgehead atoms. The topological polar surface area (TPSA) is 44.4 Å². The predicted molar refractivity (Wildman–Crippen MR) is 99.8 cm³/mol. The van der Waals surface area contributed by atoms with E-state index in [1.54, 1.807) is 0 Å². The maximum atomic E-state index is 12.3. The molecule has 1 aromatic carbocycles. The Morgan fingerprint density at radius 1 is 1.39 bits per heavy atom. The molecule has 1 heterocycles. The van der Waals surface area contributed by atoms with Crippen molar-refractivity contribution in [2.45, 2.75) is 58.5 Å². The first-order valence-electron chi connectivity index (χ1n) is 8.16. The van der Waals surface area contributed by atoms with Gasteiger partial charge in [0, 0.05) is 17.3 Å². The number of carbonyl (C=O) groups excluding carboxylic acids is 1. The molecule has 5 heteroatoms. The Hall–Kier alpha value is -1.62. The lowest BCUT2D eigenvalue weighted by molar-refractivity contribution is -0.117. The molecule has 0 aromatic heterocycles. The van der Waals surface area contributed by atoms with Gasteiger partial charge in [-0.2, -0.15) is 0 Å². The summed E-state index contributed by atoms with van der Waals surface area (Å²) in [7, 11) is 0. The Balaban J connectivity index is 1.95. The van der Waals surface area contributed by atoms with Gasteiger partial charge < -0.3 is 15.5 Å². The molecular weight excluding hydrogens is 306 g/mol. The number of benzene rings is 1. The van der Waals surface area contributed by atoms with Crippen molar-refractivity contribution in [1.29, 1.82) is 0 Å². The molecule has 1 atom stereocenters. The number of thiocarbonyl (C=S) groups is 1. The smallest absolute Gasteiger partial charge is 0.243 e. The summed E-state index contributed by atoms with van der Waals surface area (Å²) in [5, 5.41) is 6.90. The molecule has 2 N–H and O–H groups in total. The SMILES string of the molecule is CC(C)c1ccc(NC(=O)CN2C(=S)NC(C)(C)CC2C)cc1. The molecule has 1 fully saturated rings. The Bertz CT molecular complexity index is 580. The van der Waals surface area contributed by atoms with Crippen LogP contribution in [-0.2, 0) is 4.79 Å². The van der Waals surface area contributed by atoms with Crippen molar-refractivity contribution in [3.63, 3.8) is 0 Å². The minimum absolute atomic E-state index is 0.0177. The van der Waals surface area contributed by atoms with E-state index in [-0.39, 0.29) is 24.0 Å². The lowest BCUT2D eigenvalue weighted by Crippen LogP contribution is -2.61. The second kappa shape index (κ2) is 6.87. The fourth-order valence-corrected chi connectivity index (χ4v) is 3.52. The van der Waals surface area contributed by atoms with Crippen molar-refractivity contribution in [3.05, 3.63) is 29.8 Å². The second-order valence-electron chi connectivity index (χ2n) is 7.32. The van der Waals surface area contributed by atoms with Gasteiger partial charge in [0.05, 0.1) is 6.54 Å². The maximum Gasteiger partial charge on any atom is 0.243 e. The highest BCUT2D eigenvalue weighted by Crippen LogP contribution is 2.22. The quantitative estimate of drug-likeness (QED) is 0.828. The Labute approximate surface area is 144 Å². The number of anilines is 1. The molecule has 0 spiro atoms. The van der Waals surface area contributed by atoms with E-state index in [2.05, 4.69) is 57.4 Å². The van der Waals surface area contributed by atoms with Crippen LogP contribution in [0.15, 0.2) is 24.3 Å². The Morgan fingerprint density at radius 2 is 2.00 bits per heavy atom. The van der Waals surface area contributed by atoms with Crippen molar-refractivity contribution in [2.24, 2.45) is 0 Å². The summed E-state index contributed by atoms with van der Waals surface area (Å²) in [5.41, 5.74) is 2.07. The van der Waals surface area contributed by atoms with Crippen LogP contribution in [0.4, 0.5) is 5.69 Å². The predicted octanol–water partition coefficient (Wildman–Crippen LogP) is 3.50. The zero-order valence-electron chi connectivity index (χ0n) is 14.6. The van der Waals surface area contributed by atoms with Crippen LogP contribution in [0, 0.1) is 0 Å². The highest BCUT2D eigenvalue weighted by molar-refractivity contribution is 7.80. The number of nitrogens with zero attached hydrogens (tertiary/aromatic N) is 1. The van der Waals surface area contributed by atoms with Crippen LogP contribution in [0.1, 0.15) is 52.5 Å². The number of hydrogen-bond donors (Lipinski definition) is 2. The molecule has 126 valence electrons. The first kappa shape index (κ1) is 17.7. The summed E-state index contributed by atoms with van der Waals surface area (Å²) in [6.45, 7) is 10.9. The summed E-state index contributed by atoms with van der Waals surface area (Å²) >= 11 is 5.42. The normalized spacial score (nSPS) is 20.3. The average molecular weight is 334 g/mol. The van der Waals surface area contributed by atoms with Gasteiger partial charge in [-0.05, 0) is 63.0 Å². The van der Waals surface area contributed by atoms with Crippen LogP contribution >= 0.6 is 12.2 Å². The van der Waals surface area contributed by atoms with Gasteiger partial charge in [0.2, 0.25) is 5.91 Å². The molecule has 4 nitrogen and oxygen atoms in total. The van der Waals surface area contributed by atoms with Gasteiger partial charge in [-0.1, -0.05) is 26.0 Å². The third kappa shape index (κ3) is 4.67. The van der Waals surface area contributed by atoms with Crippen molar-refractivity contribution >= 4 is 28.9 Å². The Kier molecular flexibility index (Phi) is 5.30. The molecule has 23 heavy (non-hydrogen) atoms. The van der Waals surface area contributed by atoms with Gasteiger partial charge in [-0.15, -0.1) is 0 Å². The van der Waals surface area contributed by atoms with Crippen LogP contribution in [0.3, 0.4) is 0 Å². The molecule has 0 aliphatic carbocycles. The molecule has 1 saturated heterocycles. The summed E-state index contributed by atoms with van der Waals surface area (Å²) in [6.07, 6.45) is 0.948. The van der Waals surface area contributed by atoms with Gasteiger partial charge in [0.15, 0.2) is 5.11 Å². The molecule has 1 aromatic rings. The van der Waals surface area contributed by atoms with Crippen LogP contribution in [-0.4, -0.2) is 34.0 Å². The lowest BCUT2D eigenvalue weighted by atomic mass is 9.93. The van der Waals surface area contributed by atoms with E-state index in [0.29, 0.717) is 11.0 Å². The number of hydrogen-bond acceptors (Lipinski definition) is 2. The van der Waals surface area contributed by atoms with Crippen LogP contribution < -0.4 is 10.6 Å². The molecule has 0 radical (unpaired) electrons. The van der Waals surface area contributed by atoms with E-state index < -0.39 is 0 Å². The standard InChI is InChI=1S/C18H27N3OS/c1-12(2)14-6-8-15(9-7-14)19-16(22)11-21-13(3)10-18(4,5)20-17(21)23/h6-9,12-13H,10-11H2,1-5H3,(H,19,22)(H,20,23).